The van der Waals surface area contributed by atoms with Crippen molar-refractivity contribution < 1.29 is 4.79 Å². The molecule has 0 fully saturated rings. The van der Waals surface area contributed by atoms with E-state index in [0.717, 1.165) is 10.8 Å². The molecular formula is C15H14N4O. The predicted molar refractivity (Wildman–Crippen MR) is 76.2 cm³/mol. The number of benzene rings is 1. The summed E-state index contributed by atoms with van der Waals surface area (Å²) in [6.45, 7) is 0. The molecule has 5 heteroatoms. The summed E-state index contributed by atoms with van der Waals surface area (Å²) in [6.07, 6.45) is 6.79. The maximum absolute atomic E-state index is 12.6. The first-order valence-corrected chi connectivity index (χ1v) is 6.28. The van der Waals surface area contributed by atoms with Gasteiger partial charge in [0.25, 0.3) is 0 Å². The van der Waals surface area contributed by atoms with Crippen LogP contribution < -0.4 is 5.73 Å². The number of aryl methyl sites for hydroxylation is 1. The first-order valence-electron chi connectivity index (χ1n) is 6.28. The Kier molecular flexibility index (Phi) is 3.04. The van der Waals surface area contributed by atoms with Gasteiger partial charge in [-0.2, -0.15) is 5.10 Å². The number of hydrogen-bond donors (Lipinski definition) is 1. The fourth-order valence-corrected chi connectivity index (χ4v) is 2.26. The molecule has 2 heterocycles. The van der Waals surface area contributed by atoms with Crippen LogP contribution >= 0.6 is 0 Å². The van der Waals surface area contributed by atoms with Crippen molar-refractivity contribution >= 4 is 16.6 Å². The van der Waals surface area contributed by atoms with Gasteiger partial charge in [-0.15, -0.1) is 0 Å². The highest BCUT2D eigenvalue weighted by Gasteiger charge is 2.20. The number of aromatic nitrogens is 3. The van der Waals surface area contributed by atoms with E-state index in [-0.39, 0.29) is 5.78 Å². The van der Waals surface area contributed by atoms with E-state index >= 15 is 0 Å². The molecule has 0 amide bonds. The van der Waals surface area contributed by atoms with Crippen molar-refractivity contribution in [3.05, 3.63) is 60.2 Å². The molecule has 0 radical (unpaired) electrons. The average molecular weight is 266 g/mol. The van der Waals surface area contributed by atoms with E-state index in [1.807, 2.05) is 18.2 Å². The smallest absolute Gasteiger partial charge is 0.184 e. The topological polar surface area (TPSA) is 73.8 Å². The van der Waals surface area contributed by atoms with Crippen LogP contribution in [-0.4, -0.2) is 20.5 Å². The number of nitrogens with zero attached hydrogens (tertiary/aromatic N) is 3. The number of Topliss-reactive ketones (excluding diaryl/α,β-unsaturated/α-hetero) is 1. The van der Waals surface area contributed by atoms with Crippen molar-refractivity contribution in [1.82, 2.24) is 14.8 Å². The van der Waals surface area contributed by atoms with Crippen LogP contribution in [-0.2, 0) is 7.05 Å². The molecule has 2 N–H and O–H groups in total. The van der Waals surface area contributed by atoms with Gasteiger partial charge in [0, 0.05) is 42.2 Å². The minimum absolute atomic E-state index is 0.116. The van der Waals surface area contributed by atoms with Gasteiger partial charge in [0.05, 0.1) is 12.2 Å². The van der Waals surface area contributed by atoms with Gasteiger partial charge in [-0.05, 0) is 11.5 Å². The molecule has 0 saturated heterocycles. The molecule has 100 valence electrons. The molecule has 0 spiro atoms. The summed E-state index contributed by atoms with van der Waals surface area (Å²) < 4.78 is 1.63. The number of pyridine rings is 1. The Morgan fingerprint density at radius 3 is 2.90 bits per heavy atom. The Morgan fingerprint density at radius 2 is 2.15 bits per heavy atom. The van der Waals surface area contributed by atoms with E-state index in [4.69, 9.17) is 5.73 Å². The number of rotatable bonds is 3. The van der Waals surface area contributed by atoms with Crippen LogP contribution in [0.2, 0.25) is 0 Å². The lowest BCUT2D eigenvalue weighted by Gasteiger charge is -2.10. The van der Waals surface area contributed by atoms with Gasteiger partial charge in [-0.1, -0.05) is 18.2 Å². The minimum Gasteiger partial charge on any atom is -0.317 e. The number of carbonyl (C=O) groups is 1. The lowest BCUT2D eigenvalue weighted by molar-refractivity contribution is 0.0963. The van der Waals surface area contributed by atoms with E-state index in [0.29, 0.717) is 11.1 Å². The molecule has 0 aliphatic carbocycles. The predicted octanol–water partition coefficient (Wildman–Crippen LogP) is 1.85. The second-order valence-corrected chi connectivity index (χ2v) is 4.69. The van der Waals surface area contributed by atoms with Crippen LogP contribution in [0.4, 0.5) is 0 Å². The van der Waals surface area contributed by atoms with Crippen LogP contribution in [0.15, 0.2) is 49.1 Å². The van der Waals surface area contributed by atoms with Crippen LogP contribution in [0.25, 0.3) is 10.8 Å². The molecule has 0 bridgehead atoms. The minimum atomic E-state index is -0.706. The zero-order chi connectivity index (χ0) is 14.1. The number of ketones is 1. The number of carbonyl (C=O) groups excluding carboxylic acids is 1. The quantitative estimate of drug-likeness (QED) is 0.734. The zero-order valence-corrected chi connectivity index (χ0v) is 11.0. The largest absolute Gasteiger partial charge is 0.317 e. The van der Waals surface area contributed by atoms with Gasteiger partial charge in [0.15, 0.2) is 5.78 Å². The van der Waals surface area contributed by atoms with E-state index < -0.39 is 6.04 Å². The Labute approximate surface area is 116 Å². The third-order valence-electron chi connectivity index (χ3n) is 3.31. The standard InChI is InChI=1S/C15H14N4O/c1-19-9-11(8-18-19)14(16)15(20)13-4-2-3-10-7-17-6-5-12(10)13/h2-9,14H,16H2,1H3. The number of hydrogen-bond acceptors (Lipinski definition) is 4. The molecular weight excluding hydrogens is 252 g/mol. The molecule has 0 saturated carbocycles. The van der Waals surface area contributed by atoms with Gasteiger partial charge < -0.3 is 5.73 Å². The molecule has 0 aliphatic heterocycles. The Hall–Kier alpha value is -2.53. The Balaban J connectivity index is 2.04. The number of nitrogens with two attached hydrogens (primary N) is 1. The zero-order valence-electron chi connectivity index (χ0n) is 11.0. The molecule has 3 rings (SSSR count). The van der Waals surface area contributed by atoms with Crippen LogP contribution in [0.3, 0.4) is 0 Å². The third-order valence-corrected chi connectivity index (χ3v) is 3.31. The van der Waals surface area contributed by atoms with Crippen molar-refractivity contribution in [2.75, 3.05) is 0 Å². The normalized spacial score (nSPS) is 12.5. The van der Waals surface area contributed by atoms with Gasteiger partial charge in [-0.25, -0.2) is 0 Å². The molecule has 0 aliphatic rings. The fourth-order valence-electron chi connectivity index (χ4n) is 2.26. The summed E-state index contributed by atoms with van der Waals surface area (Å²) >= 11 is 0. The van der Waals surface area contributed by atoms with Crippen LogP contribution in [0, 0.1) is 0 Å². The summed E-state index contributed by atoms with van der Waals surface area (Å²) in [5.41, 5.74) is 7.38. The maximum Gasteiger partial charge on any atom is 0.184 e. The molecule has 1 aromatic carbocycles. The first kappa shape index (κ1) is 12.5. The summed E-state index contributed by atoms with van der Waals surface area (Å²) in [4.78, 5) is 16.6. The second kappa shape index (κ2) is 4.86. The van der Waals surface area contributed by atoms with Gasteiger partial charge in [0.1, 0.15) is 0 Å². The average Bonchev–Trinajstić information content (AvgIpc) is 2.91. The molecule has 1 atom stereocenters. The molecule has 3 aromatic rings. The van der Waals surface area contributed by atoms with Crippen LogP contribution in [0.1, 0.15) is 22.0 Å². The Bertz CT molecular complexity index is 773. The summed E-state index contributed by atoms with van der Waals surface area (Å²) in [5.74, 6) is -0.116. The summed E-state index contributed by atoms with van der Waals surface area (Å²) in [7, 11) is 1.80. The molecule has 2 aromatic heterocycles. The summed E-state index contributed by atoms with van der Waals surface area (Å²) in [5, 5.41) is 5.85. The van der Waals surface area contributed by atoms with Crippen molar-refractivity contribution in [2.24, 2.45) is 12.8 Å². The van der Waals surface area contributed by atoms with Crippen LogP contribution in [0.5, 0.6) is 0 Å². The van der Waals surface area contributed by atoms with Gasteiger partial charge in [-0.3, -0.25) is 14.5 Å². The lowest BCUT2D eigenvalue weighted by Crippen LogP contribution is -2.21. The van der Waals surface area contributed by atoms with Crippen molar-refractivity contribution in [2.45, 2.75) is 6.04 Å². The van der Waals surface area contributed by atoms with Gasteiger partial charge in [0.2, 0.25) is 0 Å². The van der Waals surface area contributed by atoms with E-state index in [2.05, 4.69) is 10.1 Å². The molecule has 5 nitrogen and oxygen atoms in total. The maximum atomic E-state index is 12.6. The van der Waals surface area contributed by atoms with E-state index in [9.17, 15) is 4.79 Å². The lowest BCUT2D eigenvalue weighted by atomic mass is 9.96. The highest BCUT2D eigenvalue weighted by atomic mass is 16.1. The summed E-state index contributed by atoms with van der Waals surface area (Å²) in [6, 6.07) is 6.68. The molecule has 20 heavy (non-hydrogen) atoms. The highest BCUT2D eigenvalue weighted by Crippen LogP contribution is 2.22. The van der Waals surface area contributed by atoms with Crippen molar-refractivity contribution in [3.63, 3.8) is 0 Å². The van der Waals surface area contributed by atoms with Crippen molar-refractivity contribution in [1.29, 1.82) is 0 Å². The monoisotopic (exact) mass is 266 g/mol. The SMILES string of the molecule is Cn1cc(C(N)C(=O)c2cccc3cnccc23)cn1. The van der Waals surface area contributed by atoms with Crippen molar-refractivity contribution in [3.8, 4) is 0 Å². The Morgan fingerprint density at radius 1 is 1.30 bits per heavy atom. The number of fused-ring (bicyclic) bond motifs is 1. The third kappa shape index (κ3) is 2.08. The first-order chi connectivity index (χ1) is 9.66. The second-order valence-electron chi connectivity index (χ2n) is 4.69. The fraction of sp³-hybridized carbons (Fsp3) is 0.133. The molecule has 1 unspecified atom stereocenters. The van der Waals surface area contributed by atoms with E-state index in [1.165, 1.54) is 0 Å². The van der Waals surface area contributed by atoms with Gasteiger partial charge >= 0.3 is 0 Å². The van der Waals surface area contributed by atoms with E-state index in [1.54, 1.807) is 42.6 Å². The highest BCUT2D eigenvalue weighted by molar-refractivity contribution is 6.10.